The van der Waals surface area contributed by atoms with Gasteiger partial charge in [-0.15, -0.1) is 0 Å². The van der Waals surface area contributed by atoms with Gasteiger partial charge < -0.3 is 10.2 Å². The number of nitrogens with zero attached hydrogens (tertiary/aromatic N) is 1. The first-order chi connectivity index (χ1) is 11.7. The summed E-state index contributed by atoms with van der Waals surface area (Å²) in [6, 6.07) is 22.8. The molecule has 120 valence electrons. The number of hydrogen-bond donors (Lipinski definition) is 1. The molecular formula is C21H20N2O. The molecule has 0 fully saturated rings. The maximum absolute atomic E-state index is 12.6. The van der Waals surface area contributed by atoms with E-state index >= 15 is 0 Å². The average molecular weight is 316 g/mol. The molecule has 1 atom stereocenters. The Kier molecular flexibility index (Phi) is 3.69. The summed E-state index contributed by atoms with van der Waals surface area (Å²) in [5.74, 6) is 0.0231. The standard InChI is InChI=1S/C21H20N2O/c1-15-13-17-8-3-5-12-20(17)23(15)14-21(24)22-19-11-6-9-16-7-2-4-10-18(16)19/h2-12,15H,13-14H2,1H3,(H,22,24)/t15-/m1/s1. The largest absolute Gasteiger partial charge is 0.359 e. The number of benzene rings is 3. The molecule has 0 aromatic heterocycles. The molecule has 1 amide bonds. The van der Waals surface area contributed by atoms with Crippen LogP contribution < -0.4 is 10.2 Å². The molecule has 0 saturated carbocycles. The van der Waals surface area contributed by atoms with Crippen LogP contribution in [0.1, 0.15) is 12.5 Å². The van der Waals surface area contributed by atoms with Crippen LogP contribution in [0, 0.1) is 0 Å². The second-order valence-corrected chi connectivity index (χ2v) is 6.38. The molecule has 0 aliphatic carbocycles. The molecule has 0 unspecified atom stereocenters. The first-order valence-corrected chi connectivity index (χ1v) is 8.34. The molecule has 3 aromatic rings. The second-order valence-electron chi connectivity index (χ2n) is 6.38. The number of amides is 1. The van der Waals surface area contributed by atoms with E-state index in [0.29, 0.717) is 12.6 Å². The quantitative estimate of drug-likeness (QED) is 0.784. The van der Waals surface area contributed by atoms with Crippen molar-refractivity contribution in [1.29, 1.82) is 0 Å². The Balaban J connectivity index is 1.55. The van der Waals surface area contributed by atoms with E-state index in [9.17, 15) is 4.79 Å². The number of anilines is 2. The molecular weight excluding hydrogens is 296 g/mol. The molecule has 0 radical (unpaired) electrons. The molecule has 1 heterocycles. The van der Waals surface area contributed by atoms with Crippen molar-refractivity contribution in [3.8, 4) is 0 Å². The van der Waals surface area contributed by atoms with Crippen LogP contribution in [0.2, 0.25) is 0 Å². The van der Waals surface area contributed by atoms with Crippen molar-refractivity contribution in [2.24, 2.45) is 0 Å². The summed E-state index contributed by atoms with van der Waals surface area (Å²) < 4.78 is 0. The van der Waals surface area contributed by atoms with E-state index in [1.165, 1.54) is 11.3 Å². The minimum absolute atomic E-state index is 0.0231. The Bertz CT molecular complexity index is 898. The van der Waals surface area contributed by atoms with Crippen molar-refractivity contribution in [2.75, 3.05) is 16.8 Å². The fraction of sp³-hybridized carbons (Fsp3) is 0.190. The molecule has 0 bridgehead atoms. The highest BCUT2D eigenvalue weighted by Gasteiger charge is 2.27. The van der Waals surface area contributed by atoms with Crippen molar-refractivity contribution in [3.05, 3.63) is 72.3 Å². The fourth-order valence-corrected chi connectivity index (χ4v) is 3.55. The van der Waals surface area contributed by atoms with Gasteiger partial charge in [0.25, 0.3) is 0 Å². The Morgan fingerprint density at radius 3 is 2.71 bits per heavy atom. The van der Waals surface area contributed by atoms with Crippen LogP contribution in [0.3, 0.4) is 0 Å². The van der Waals surface area contributed by atoms with E-state index in [-0.39, 0.29) is 5.91 Å². The number of nitrogens with one attached hydrogen (secondary N) is 1. The van der Waals surface area contributed by atoms with Crippen LogP contribution in [-0.4, -0.2) is 18.5 Å². The monoisotopic (exact) mass is 316 g/mol. The Hall–Kier alpha value is -2.81. The van der Waals surface area contributed by atoms with Gasteiger partial charge in [0.05, 0.1) is 6.54 Å². The Labute approximate surface area is 141 Å². The highest BCUT2D eigenvalue weighted by Crippen LogP contribution is 2.31. The topological polar surface area (TPSA) is 32.3 Å². The summed E-state index contributed by atoms with van der Waals surface area (Å²) in [4.78, 5) is 14.8. The maximum Gasteiger partial charge on any atom is 0.243 e. The lowest BCUT2D eigenvalue weighted by molar-refractivity contribution is -0.115. The van der Waals surface area contributed by atoms with Gasteiger partial charge in [0.15, 0.2) is 0 Å². The summed E-state index contributed by atoms with van der Waals surface area (Å²) in [6.45, 7) is 2.55. The highest BCUT2D eigenvalue weighted by atomic mass is 16.2. The summed E-state index contributed by atoms with van der Waals surface area (Å²) in [6.07, 6.45) is 0.998. The van der Waals surface area contributed by atoms with Gasteiger partial charge in [-0.2, -0.15) is 0 Å². The third-order valence-corrected chi connectivity index (χ3v) is 4.73. The van der Waals surface area contributed by atoms with Gasteiger partial charge in [-0.25, -0.2) is 0 Å². The van der Waals surface area contributed by atoms with Crippen molar-refractivity contribution < 1.29 is 4.79 Å². The van der Waals surface area contributed by atoms with Crippen LogP contribution in [0.4, 0.5) is 11.4 Å². The number of para-hydroxylation sites is 1. The zero-order valence-electron chi connectivity index (χ0n) is 13.7. The average Bonchev–Trinajstić information content (AvgIpc) is 2.91. The summed E-state index contributed by atoms with van der Waals surface area (Å²) in [7, 11) is 0. The summed E-state index contributed by atoms with van der Waals surface area (Å²) in [5.41, 5.74) is 3.37. The van der Waals surface area contributed by atoms with Crippen molar-refractivity contribution in [2.45, 2.75) is 19.4 Å². The van der Waals surface area contributed by atoms with Crippen molar-refractivity contribution >= 4 is 28.1 Å². The number of carbonyl (C=O) groups is 1. The van der Waals surface area contributed by atoms with Crippen LogP contribution in [0.5, 0.6) is 0 Å². The molecule has 0 saturated heterocycles. The van der Waals surface area contributed by atoms with E-state index in [1.807, 2.05) is 36.4 Å². The third-order valence-electron chi connectivity index (χ3n) is 4.73. The fourth-order valence-electron chi connectivity index (χ4n) is 3.55. The maximum atomic E-state index is 12.6. The molecule has 1 aliphatic rings. The van der Waals surface area contributed by atoms with Gasteiger partial charge in [0.1, 0.15) is 0 Å². The van der Waals surface area contributed by atoms with Gasteiger partial charge in [-0.3, -0.25) is 4.79 Å². The SMILES string of the molecule is C[C@@H]1Cc2ccccc2N1CC(=O)Nc1cccc2ccccc12. The number of hydrogen-bond acceptors (Lipinski definition) is 2. The van der Waals surface area contributed by atoms with Gasteiger partial charge in [0, 0.05) is 22.8 Å². The van der Waals surface area contributed by atoms with Gasteiger partial charge >= 0.3 is 0 Å². The predicted octanol–water partition coefficient (Wildman–Crippen LogP) is 4.23. The molecule has 1 N–H and O–H groups in total. The first kappa shape index (κ1) is 14.8. The lowest BCUT2D eigenvalue weighted by atomic mass is 10.1. The van der Waals surface area contributed by atoms with Crippen molar-refractivity contribution in [1.82, 2.24) is 0 Å². The lowest BCUT2D eigenvalue weighted by Gasteiger charge is -2.24. The van der Waals surface area contributed by atoms with Crippen LogP contribution in [0.25, 0.3) is 10.8 Å². The number of carbonyl (C=O) groups excluding carboxylic acids is 1. The molecule has 4 rings (SSSR count). The summed E-state index contributed by atoms with van der Waals surface area (Å²) >= 11 is 0. The van der Waals surface area contributed by atoms with Crippen molar-refractivity contribution in [3.63, 3.8) is 0 Å². The highest BCUT2D eigenvalue weighted by molar-refractivity contribution is 6.03. The van der Waals surface area contributed by atoms with Crippen LogP contribution >= 0.6 is 0 Å². The van der Waals surface area contributed by atoms with E-state index in [1.54, 1.807) is 0 Å². The molecule has 1 aliphatic heterocycles. The Morgan fingerprint density at radius 1 is 1.04 bits per heavy atom. The minimum atomic E-state index is 0.0231. The predicted molar refractivity (Wildman–Crippen MR) is 99.5 cm³/mol. The summed E-state index contributed by atoms with van der Waals surface area (Å²) in [5, 5.41) is 5.29. The normalized spacial score (nSPS) is 16.2. The van der Waals surface area contributed by atoms with Crippen LogP contribution in [0.15, 0.2) is 66.7 Å². The van der Waals surface area contributed by atoms with Gasteiger partial charge in [0.2, 0.25) is 5.91 Å². The van der Waals surface area contributed by atoms with E-state index in [2.05, 4.69) is 47.5 Å². The van der Waals surface area contributed by atoms with Gasteiger partial charge in [-0.05, 0) is 36.4 Å². The Morgan fingerprint density at radius 2 is 1.79 bits per heavy atom. The van der Waals surface area contributed by atoms with Crippen LogP contribution in [-0.2, 0) is 11.2 Å². The lowest BCUT2D eigenvalue weighted by Crippen LogP contribution is -2.37. The zero-order valence-corrected chi connectivity index (χ0v) is 13.7. The number of rotatable bonds is 3. The first-order valence-electron chi connectivity index (χ1n) is 8.34. The second kappa shape index (κ2) is 6.00. The zero-order chi connectivity index (χ0) is 16.5. The van der Waals surface area contributed by atoms with Gasteiger partial charge in [-0.1, -0.05) is 54.6 Å². The molecule has 24 heavy (non-hydrogen) atoms. The minimum Gasteiger partial charge on any atom is -0.359 e. The third kappa shape index (κ3) is 2.62. The van der Waals surface area contributed by atoms with E-state index in [4.69, 9.17) is 0 Å². The number of fused-ring (bicyclic) bond motifs is 2. The molecule has 3 nitrogen and oxygen atoms in total. The smallest absolute Gasteiger partial charge is 0.243 e. The molecule has 3 heteroatoms. The van der Waals surface area contributed by atoms with E-state index in [0.717, 1.165) is 22.9 Å². The molecule has 3 aromatic carbocycles. The molecule has 0 spiro atoms. The van der Waals surface area contributed by atoms with E-state index < -0.39 is 0 Å².